The van der Waals surface area contributed by atoms with Crippen molar-refractivity contribution >= 4 is 12.1 Å². The van der Waals surface area contributed by atoms with Crippen LogP contribution in [0.5, 0.6) is 0 Å². The largest absolute Gasteiger partial charge is 0.481 e. The predicted octanol–water partition coefficient (Wildman–Crippen LogP) is 3.73. The van der Waals surface area contributed by atoms with Crippen molar-refractivity contribution in [2.75, 3.05) is 0 Å². The van der Waals surface area contributed by atoms with E-state index in [1.165, 1.54) is 0 Å². The van der Waals surface area contributed by atoms with Crippen LogP contribution < -0.4 is 5.32 Å². The molecular weight excluding hydrogens is 294 g/mol. The van der Waals surface area contributed by atoms with Crippen LogP contribution in [-0.4, -0.2) is 22.7 Å². The van der Waals surface area contributed by atoms with E-state index < -0.39 is 17.6 Å². The summed E-state index contributed by atoms with van der Waals surface area (Å²) < 4.78 is 5.29. The van der Waals surface area contributed by atoms with Crippen molar-refractivity contribution in [3.05, 3.63) is 35.9 Å². The van der Waals surface area contributed by atoms with Crippen LogP contribution in [0.1, 0.15) is 51.0 Å². The molecule has 0 aliphatic heterocycles. The van der Waals surface area contributed by atoms with Crippen molar-refractivity contribution in [1.82, 2.24) is 5.32 Å². The smallest absolute Gasteiger partial charge is 0.407 e. The Balaban J connectivity index is 2.00. The van der Waals surface area contributed by atoms with Crippen molar-refractivity contribution in [1.29, 1.82) is 0 Å². The minimum atomic E-state index is -0.881. The molecule has 5 nitrogen and oxygen atoms in total. The number of carbonyl (C=O) groups is 2. The van der Waals surface area contributed by atoms with Gasteiger partial charge in [-0.25, -0.2) is 4.79 Å². The van der Waals surface area contributed by atoms with Gasteiger partial charge in [0.15, 0.2) is 0 Å². The van der Waals surface area contributed by atoms with E-state index in [0.29, 0.717) is 6.42 Å². The summed E-state index contributed by atoms with van der Waals surface area (Å²) in [6.07, 6.45) is 3.92. The monoisotopic (exact) mass is 319 g/mol. The molecule has 1 saturated carbocycles. The Morgan fingerprint density at radius 3 is 2.52 bits per heavy atom. The Kier molecular flexibility index (Phi) is 6.02. The van der Waals surface area contributed by atoms with E-state index in [-0.39, 0.29) is 18.9 Å². The first kappa shape index (κ1) is 17.3. The normalized spacial score (nSPS) is 16.9. The van der Waals surface area contributed by atoms with E-state index in [0.717, 1.165) is 31.2 Å². The van der Waals surface area contributed by atoms with Gasteiger partial charge in [0.2, 0.25) is 0 Å². The van der Waals surface area contributed by atoms with E-state index in [2.05, 4.69) is 5.32 Å². The number of hydrogen-bond donors (Lipinski definition) is 2. The number of carboxylic acids is 1. The highest BCUT2D eigenvalue weighted by Crippen LogP contribution is 2.41. The van der Waals surface area contributed by atoms with Crippen LogP contribution in [0.15, 0.2) is 30.3 Å². The summed E-state index contributed by atoms with van der Waals surface area (Å²) in [5.74, 6) is -0.656. The number of alkyl carbamates (subject to hydrolysis) is 1. The van der Waals surface area contributed by atoms with Crippen molar-refractivity contribution < 1.29 is 19.4 Å². The lowest BCUT2D eigenvalue weighted by Crippen LogP contribution is -2.57. The Hall–Kier alpha value is -2.04. The molecule has 5 heteroatoms. The first-order valence-corrected chi connectivity index (χ1v) is 8.26. The predicted molar refractivity (Wildman–Crippen MR) is 87.0 cm³/mol. The molecule has 0 bridgehead atoms. The summed E-state index contributed by atoms with van der Waals surface area (Å²) in [5, 5.41) is 12.2. The average molecular weight is 319 g/mol. The van der Waals surface area contributed by atoms with Gasteiger partial charge in [0.05, 0.1) is 12.0 Å². The third-order valence-electron chi connectivity index (χ3n) is 4.61. The molecule has 1 aliphatic rings. The fraction of sp³-hybridized carbons (Fsp3) is 0.556. The molecule has 126 valence electrons. The molecule has 0 spiro atoms. The second-order valence-corrected chi connectivity index (χ2v) is 6.29. The van der Waals surface area contributed by atoms with Crippen LogP contribution in [0.4, 0.5) is 4.79 Å². The number of ether oxygens (including phenoxy) is 1. The van der Waals surface area contributed by atoms with Crippen LogP contribution in [0.2, 0.25) is 0 Å². The zero-order chi connectivity index (χ0) is 16.7. The average Bonchev–Trinajstić information content (AvgIpc) is 2.43. The summed E-state index contributed by atoms with van der Waals surface area (Å²) in [7, 11) is 0. The summed E-state index contributed by atoms with van der Waals surface area (Å²) in [6, 6.07) is 9.44. The number of hydrogen-bond acceptors (Lipinski definition) is 3. The molecule has 1 fully saturated rings. The molecule has 1 aliphatic carbocycles. The number of benzene rings is 1. The standard InChI is InChI=1S/C18H25NO4/c1-2-11-18(12-16(20)21,15-9-6-10-15)19-17(22)23-13-14-7-4-3-5-8-14/h3-5,7-8,15H,2,6,9-13H2,1H3,(H,19,22)(H,20,21). The van der Waals surface area contributed by atoms with Gasteiger partial charge in [-0.2, -0.15) is 0 Å². The molecule has 0 heterocycles. The van der Waals surface area contributed by atoms with Crippen LogP contribution in [0.25, 0.3) is 0 Å². The van der Waals surface area contributed by atoms with Gasteiger partial charge in [-0.3, -0.25) is 4.79 Å². The van der Waals surface area contributed by atoms with Crippen molar-refractivity contribution in [2.24, 2.45) is 5.92 Å². The van der Waals surface area contributed by atoms with Gasteiger partial charge in [-0.1, -0.05) is 50.1 Å². The molecule has 2 N–H and O–H groups in total. The van der Waals surface area contributed by atoms with Crippen molar-refractivity contribution in [3.8, 4) is 0 Å². The molecule has 1 amide bonds. The van der Waals surface area contributed by atoms with Gasteiger partial charge < -0.3 is 15.2 Å². The molecule has 0 radical (unpaired) electrons. The molecule has 1 aromatic carbocycles. The fourth-order valence-corrected chi connectivity index (χ4v) is 3.28. The number of aliphatic carboxylic acids is 1. The molecule has 1 atom stereocenters. The topological polar surface area (TPSA) is 75.6 Å². The van der Waals surface area contributed by atoms with Gasteiger partial charge in [0, 0.05) is 0 Å². The lowest BCUT2D eigenvalue weighted by Gasteiger charge is -2.45. The van der Waals surface area contributed by atoms with Crippen LogP contribution >= 0.6 is 0 Å². The minimum absolute atomic E-state index is 0.0497. The summed E-state index contributed by atoms with van der Waals surface area (Å²) >= 11 is 0. The number of amides is 1. The van der Waals surface area contributed by atoms with Gasteiger partial charge in [0.25, 0.3) is 0 Å². The zero-order valence-electron chi connectivity index (χ0n) is 13.6. The first-order valence-electron chi connectivity index (χ1n) is 8.26. The van der Waals surface area contributed by atoms with E-state index in [1.54, 1.807) is 0 Å². The lowest BCUT2D eigenvalue weighted by atomic mass is 9.67. The number of nitrogens with one attached hydrogen (secondary N) is 1. The molecule has 0 saturated heterocycles. The lowest BCUT2D eigenvalue weighted by molar-refractivity contribution is -0.139. The highest BCUT2D eigenvalue weighted by molar-refractivity contribution is 5.73. The molecule has 2 rings (SSSR count). The van der Waals surface area contributed by atoms with Crippen LogP contribution in [0, 0.1) is 5.92 Å². The number of carbonyl (C=O) groups excluding carboxylic acids is 1. The Labute approximate surface area is 137 Å². The molecular formula is C18H25NO4. The Morgan fingerprint density at radius 1 is 1.30 bits per heavy atom. The second-order valence-electron chi connectivity index (χ2n) is 6.29. The number of rotatable bonds is 8. The van der Waals surface area contributed by atoms with Gasteiger partial charge in [-0.15, -0.1) is 0 Å². The quantitative estimate of drug-likeness (QED) is 0.765. The zero-order valence-corrected chi connectivity index (χ0v) is 13.6. The highest BCUT2D eigenvalue weighted by Gasteiger charge is 2.44. The summed E-state index contributed by atoms with van der Waals surface area (Å²) in [5.41, 5.74) is 0.220. The maximum absolute atomic E-state index is 12.2. The SMILES string of the molecule is CCCC(CC(=O)O)(NC(=O)OCc1ccccc1)C1CCC1. The van der Waals surface area contributed by atoms with E-state index in [9.17, 15) is 14.7 Å². The third kappa shape index (κ3) is 4.71. The molecule has 1 unspecified atom stereocenters. The minimum Gasteiger partial charge on any atom is -0.481 e. The van der Waals surface area contributed by atoms with Gasteiger partial charge in [-0.05, 0) is 30.7 Å². The van der Waals surface area contributed by atoms with Crippen LogP contribution in [-0.2, 0) is 16.1 Å². The fourth-order valence-electron chi connectivity index (χ4n) is 3.28. The summed E-state index contributed by atoms with van der Waals surface area (Å²) in [6.45, 7) is 2.19. The van der Waals surface area contributed by atoms with Gasteiger partial charge in [0.1, 0.15) is 6.61 Å². The van der Waals surface area contributed by atoms with Crippen molar-refractivity contribution in [2.45, 2.75) is 57.6 Å². The van der Waals surface area contributed by atoms with E-state index >= 15 is 0 Å². The van der Waals surface area contributed by atoms with Crippen molar-refractivity contribution in [3.63, 3.8) is 0 Å². The van der Waals surface area contributed by atoms with Crippen LogP contribution in [0.3, 0.4) is 0 Å². The first-order chi connectivity index (χ1) is 11.1. The van der Waals surface area contributed by atoms with E-state index in [4.69, 9.17) is 4.74 Å². The highest BCUT2D eigenvalue weighted by atomic mass is 16.5. The molecule has 0 aromatic heterocycles. The van der Waals surface area contributed by atoms with E-state index in [1.807, 2.05) is 37.3 Å². The maximum atomic E-state index is 12.2. The Morgan fingerprint density at radius 2 is 2.00 bits per heavy atom. The Bertz CT molecular complexity index is 527. The maximum Gasteiger partial charge on any atom is 0.407 e. The number of carboxylic acid groups (broad SMARTS) is 1. The third-order valence-corrected chi connectivity index (χ3v) is 4.61. The second kappa shape index (κ2) is 7.99. The van der Waals surface area contributed by atoms with Gasteiger partial charge >= 0.3 is 12.1 Å². The molecule has 23 heavy (non-hydrogen) atoms. The molecule has 1 aromatic rings. The summed E-state index contributed by atoms with van der Waals surface area (Å²) in [4.78, 5) is 23.5.